The molecular weight excluding hydrogens is 310 g/mol. The van der Waals surface area contributed by atoms with Crippen LogP contribution in [-0.2, 0) is 24.4 Å². The van der Waals surface area contributed by atoms with Gasteiger partial charge in [0.1, 0.15) is 5.75 Å². The Labute approximate surface area is 140 Å². The van der Waals surface area contributed by atoms with Gasteiger partial charge >= 0.3 is 0 Å². The Morgan fingerprint density at radius 1 is 1.57 bits per heavy atom. The molecular formula is C18H21NO3S. The minimum absolute atomic E-state index is 0.0836. The SMILES string of the molecule is C=CC(=O)NCc1cc(C(=C)SC=CC)c2c(c1CO)CCO2. The summed E-state index contributed by atoms with van der Waals surface area (Å²) in [6.07, 6.45) is 3.93. The lowest BCUT2D eigenvalue weighted by Gasteiger charge is -2.17. The Balaban J connectivity index is 2.42. The van der Waals surface area contributed by atoms with Gasteiger partial charge < -0.3 is 15.2 Å². The number of benzene rings is 1. The monoisotopic (exact) mass is 331 g/mol. The molecule has 1 heterocycles. The molecule has 122 valence electrons. The fourth-order valence-electron chi connectivity index (χ4n) is 2.53. The van der Waals surface area contributed by atoms with Crippen molar-refractivity contribution >= 4 is 22.6 Å². The fraction of sp³-hybridized carbons (Fsp3) is 0.278. The van der Waals surface area contributed by atoms with Crippen LogP contribution in [0.3, 0.4) is 0 Å². The Bertz CT molecular complexity index is 665. The highest BCUT2D eigenvalue weighted by molar-refractivity contribution is 8.10. The van der Waals surface area contributed by atoms with Crippen molar-refractivity contribution in [1.82, 2.24) is 5.32 Å². The third-order valence-electron chi connectivity index (χ3n) is 3.63. The fourth-order valence-corrected chi connectivity index (χ4v) is 3.11. The average Bonchev–Trinajstić information content (AvgIpc) is 3.05. The van der Waals surface area contributed by atoms with Gasteiger partial charge in [0.05, 0.1) is 13.2 Å². The van der Waals surface area contributed by atoms with Crippen LogP contribution < -0.4 is 10.1 Å². The summed E-state index contributed by atoms with van der Waals surface area (Å²) in [6.45, 7) is 10.4. The van der Waals surface area contributed by atoms with Crippen LogP contribution in [0.25, 0.3) is 4.91 Å². The maximum absolute atomic E-state index is 11.4. The maximum Gasteiger partial charge on any atom is 0.243 e. The standard InChI is InChI=1S/C18H21NO3S/c1-4-8-23-12(3)15-9-13(10-19-17(21)5-2)16(11-20)14-6-7-22-18(14)15/h4-5,8-9,20H,2-3,6-7,10-11H2,1H3,(H,19,21). The minimum Gasteiger partial charge on any atom is -0.492 e. The minimum atomic E-state index is -0.241. The Hall–Kier alpha value is -1.98. The zero-order chi connectivity index (χ0) is 16.8. The first-order valence-corrected chi connectivity index (χ1v) is 8.29. The Kier molecular flexibility index (Phi) is 6.07. The lowest BCUT2D eigenvalue weighted by atomic mass is 9.95. The van der Waals surface area contributed by atoms with Gasteiger partial charge in [0.15, 0.2) is 0 Å². The number of allylic oxidation sites excluding steroid dienone is 1. The second-order valence-corrected chi connectivity index (χ2v) is 6.06. The van der Waals surface area contributed by atoms with Crippen molar-refractivity contribution in [2.24, 2.45) is 0 Å². The van der Waals surface area contributed by atoms with E-state index in [1.54, 1.807) is 0 Å². The number of amides is 1. The third-order valence-corrected chi connectivity index (χ3v) is 4.54. The van der Waals surface area contributed by atoms with E-state index in [-0.39, 0.29) is 12.5 Å². The summed E-state index contributed by atoms with van der Waals surface area (Å²) >= 11 is 1.53. The van der Waals surface area contributed by atoms with Crippen LogP contribution in [0.15, 0.2) is 36.8 Å². The van der Waals surface area contributed by atoms with Crippen LogP contribution in [0.1, 0.15) is 29.2 Å². The molecule has 0 radical (unpaired) electrons. The maximum atomic E-state index is 11.4. The van der Waals surface area contributed by atoms with E-state index < -0.39 is 0 Å². The first kappa shape index (κ1) is 17.4. The molecule has 0 aliphatic carbocycles. The van der Waals surface area contributed by atoms with E-state index in [1.807, 2.05) is 24.5 Å². The van der Waals surface area contributed by atoms with Crippen molar-refractivity contribution < 1.29 is 14.6 Å². The molecule has 0 fully saturated rings. The number of hydrogen-bond acceptors (Lipinski definition) is 4. The summed E-state index contributed by atoms with van der Waals surface area (Å²) in [5, 5.41) is 14.5. The molecule has 0 saturated carbocycles. The molecule has 0 atom stereocenters. The highest BCUT2D eigenvalue weighted by Crippen LogP contribution is 2.41. The van der Waals surface area contributed by atoms with Crippen LogP contribution in [-0.4, -0.2) is 17.6 Å². The van der Waals surface area contributed by atoms with Gasteiger partial charge in [-0.3, -0.25) is 4.79 Å². The van der Waals surface area contributed by atoms with E-state index >= 15 is 0 Å². The molecule has 0 unspecified atom stereocenters. The molecule has 2 N–H and O–H groups in total. The topological polar surface area (TPSA) is 58.6 Å². The molecule has 1 aromatic carbocycles. The highest BCUT2D eigenvalue weighted by Gasteiger charge is 2.24. The van der Waals surface area contributed by atoms with E-state index in [1.165, 1.54) is 17.8 Å². The van der Waals surface area contributed by atoms with Gasteiger partial charge in [-0.25, -0.2) is 0 Å². The predicted octanol–water partition coefficient (Wildman–Crippen LogP) is 3.15. The van der Waals surface area contributed by atoms with Crippen molar-refractivity contribution in [3.8, 4) is 5.75 Å². The van der Waals surface area contributed by atoms with Crippen LogP contribution >= 0.6 is 11.8 Å². The van der Waals surface area contributed by atoms with Crippen molar-refractivity contribution in [3.63, 3.8) is 0 Å². The molecule has 5 heteroatoms. The van der Waals surface area contributed by atoms with Crippen molar-refractivity contribution in [2.75, 3.05) is 6.61 Å². The third kappa shape index (κ3) is 3.86. The zero-order valence-electron chi connectivity index (χ0n) is 13.2. The molecule has 1 amide bonds. The van der Waals surface area contributed by atoms with Gasteiger partial charge in [0, 0.05) is 29.0 Å². The van der Waals surface area contributed by atoms with Gasteiger partial charge in [-0.15, -0.1) is 0 Å². The van der Waals surface area contributed by atoms with E-state index in [9.17, 15) is 9.90 Å². The highest BCUT2D eigenvalue weighted by atomic mass is 32.2. The van der Waals surface area contributed by atoms with Crippen molar-refractivity contribution in [2.45, 2.75) is 26.5 Å². The van der Waals surface area contributed by atoms with Crippen molar-refractivity contribution in [3.05, 3.63) is 59.0 Å². The van der Waals surface area contributed by atoms with Crippen LogP contribution in [0.5, 0.6) is 5.75 Å². The zero-order valence-corrected chi connectivity index (χ0v) is 14.0. The largest absolute Gasteiger partial charge is 0.492 e. The second kappa shape index (κ2) is 8.04. The number of nitrogens with one attached hydrogen (secondary N) is 1. The lowest BCUT2D eigenvalue weighted by Crippen LogP contribution is -2.21. The quantitative estimate of drug-likeness (QED) is 0.754. The molecule has 0 spiro atoms. The number of fused-ring (bicyclic) bond motifs is 1. The number of carbonyl (C=O) groups excluding carboxylic acids is 1. The number of thioether (sulfide) groups is 1. The number of aliphatic hydroxyl groups excluding tert-OH is 1. The Morgan fingerprint density at radius 3 is 3.00 bits per heavy atom. The number of carbonyl (C=O) groups is 1. The molecule has 23 heavy (non-hydrogen) atoms. The summed E-state index contributed by atoms with van der Waals surface area (Å²) in [5.74, 6) is 0.559. The van der Waals surface area contributed by atoms with E-state index in [0.29, 0.717) is 13.2 Å². The number of hydrogen-bond donors (Lipinski definition) is 2. The van der Waals surface area contributed by atoms with Gasteiger partial charge in [-0.1, -0.05) is 31.0 Å². The number of ether oxygens (including phenoxy) is 1. The summed E-state index contributed by atoms with van der Waals surface area (Å²) in [5.41, 5.74) is 3.63. The first-order valence-electron chi connectivity index (χ1n) is 7.41. The first-order chi connectivity index (χ1) is 11.1. The van der Waals surface area contributed by atoms with Crippen molar-refractivity contribution in [1.29, 1.82) is 0 Å². The van der Waals surface area contributed by atoms with Crippen LogP contribution in [0.2, 0.25) is 0 Å². The second-order valence-electron chi connectivity index (χ2n) is 5.06. The van der Waals surface area contributed by atoms with Gasteiger partial charge in [-0.05, 0) is 35.6 Å². The van der Waals surface area contributed by atoms with Crippen LogP contribution in [0.4, 0.5) is 0 Å². The average molecular weight is 331 g/mol. The molecule has 0 bridgehead atoms. The molecule has 0 saturated heterocycles. The summed E-state index contributed by atoms with van der Waals surface area (Å²) in [7, 11) is 0. The van der Waals surface area contributed by atoms with Gasteiger partial charge in [0.25, 0.3) is 0 Å². The smallest absolute Gasteiger partial charge is 0.243 e. The van der Waals surface area contributed by atoms with Gasteiger partial charge in [-0.2, -0.15) is 0 Å². The summed E-state index contributed by atoms with van der Waals surface area (Å²) in [4.78, 5) is 12.3. The molecule has 1 aliphatic rings. The van der Waals surface area contributed by atoms with Gasteiger partial charge in [0.2, 0.25) is 5.91 Å². The predicted molar refractivity (Wildman–Crippen MR) is 95.0 cm³/mol. The normalized spacial score (nSPS) is 12.8. The molecule has 2 rings (SSSR count). The van der Waals surface area contributed by atoms with E-state index in [4.69, 9.17) is 4.74 Å². The van der Waals surface area contributed by atoms with E-state index in [0.717, 1.165) is 39.3 Å². The molecule has 1 aromatic rings. The lowest BCUT2D eigenvalue weighted by molar-refractivity contribution is -0.116. The summed E-state index contributed by atoms with van der Waals surface area (Å²) in [6, 6.07) is 1.94. The molecule has 1 aliphatic heterocycles. The van der Waals surface area contributed by atoms with Crippen LogP contribution in [0, 0.1) is 0 Å². The number of aliphatic hydroxyl groups is 1. The molecule has 0 aromatic heterocycles. The molecule has 4 nitrogen and oxygen atoms in total. The van der Waals surface area contributed by atoms with E-state index in [2.05, 4.69) is 18.5 Å². The summed E-state index contributed by atoms with van der Waals surface area (Å²) < 4.78 is 5.76. The Morgan fingerprint density at radius 2 is 2.35 bits per heavy atom. The number of rotatable bonds is 7.